The van der Waals surface area contributed by atoms with Crippen LogP contribution in [-0.4, -0.2) is 43.0 Å². The molecule has 2 aromatic rings. The molecule has 0 amide bonds. The first kappa shape index (κ1) is 23.6. The monoisotopic (exact) mass is 519 g/mol. The van der Waals surface area contributed by atoms with Crippen molar-refractivity contribution in [3.63, 3.8) is 0 Å². The summed E-state index contributed by atoms with van der Waals surface area (Å²) in [5.74, 6) is -1.76. The predicted octanol–water partition coefficient (Wildman–Crippen LogP) is 3.57. The number of hydrogen-bond donors (Lipinski definition) is 2. The lowest BCUT2D eigenvalue weighted by Crippen LogP contribution is -2.05. The summed E-state index contributed by atoms with van der Waals surface area (Å²) >= 11 is 6.13. The molecule has 2 rings (SSSR count). The Bertz CT molecular complexity index is 867. The Morgan fingerprint density at radius 2 is 1.68 bits per heavy atom. The van der Waals surface area contributed by atoms with E-state index in [-0.39, 0.29) is 33.7 Å². The molecule has 2 N–H and O–H groups in total. The Hall–Kier alpha value is -2.46. The van der Waals surface area contributed by atoms with Gasteiger partial charge in [-0.15, -0.1) is 0 Å². The van der Waals surface area contributed by atoms with E-state index in [2.05, 4.69) is 31.9 Å². The number of esters is 1. The van der Waals surface area contributed by atoms with Gasteiger partial charge >= 0.3 is 11.9 Å². The number of rotatable bonds is 5. The van der Waals surface area contributed by atoms with Gasteiger partial charge in [-0.3, -0.25) is 0 Å². The number of phenols is 1. The van der Waals surface area contributed by atoms with Crippen molar-refractivity contribution < 1.29 is 39.1 Å². The van der Waals surface area contributed by atoms with Crippen LogP contribution in [0.3, 0.4) is 0 Å². The van der Waals surface area contributed by atoms with Gasteiger partial charge in [0.25, 0.3) is 0 Å². The number of phenolic OH excluding ortho intramolecular Hbond substituents is 1. The highest BCUT2D eigenvalue weighted by atomic mass is 79.9. The first-order valence-electron chi connectivity index (χ1n) is 7.68. The SMILES string of the molecule is CCOC(=O)c1ccc(OC)c(O)c1Br.COc1cc(Br)c(C(=O)O)cc1[O-]. The van der Waals surface area contributed by atoms with Gasteiger partial charge in [0.1, 0.15) is 5.75 Å². The van der Waals surface area contributed by atoms with Crippen LogP contribution in [-0.2, 0) is 4.74 Å². The lowest BCUT2D eigenvalue weighted by atomic mass is 10.2. The van der Waals surface area contributed by atoms with Gasteiger partial charge in [0.15, 0.2) is 11.5 Å². The minimum Gasteiger partial charge on any atom is -0.870 e. The maximum atomic E-state index is 11.4. The zero-order chi connectivity index (χ0) is 21.4. The van der Waals surface area contributed by atoms with Gasteiger partial charge in [-0.1, -0.05) is 11.8 Å². The van der Waals surface area contributed by atoms with Crippen molar-refractivity contribution in [1.29, 1.82) is 0 Å². The molecule has 0 heterocycles. The van der Waals surface area contributed by atoms with E-state index < -0.39 is 17.7 Å². The number of methoxy groups -OCH3 is 2. The van der Waals surface area contributed by atoms with Crippen molar-refractivity contribution in [2.75, 3.05) is 20.8 Å². The molecule has 0 saturated heterocycles. The molecule has 8 nitrogen and oxygen atoms in total. The fourth-order valence-electron chi connectivity index (χ4n) is 1.94. The number of carboxylic acids is 1. The molecule has 0 aliphatic rings. The van der Waals surface area contributed by atoms with Crippen LogP contribution in [0.1, 0.15) is 27.6 Å². The fraction of sp³-hybridized carbons (Fsp3) is 0.222. The highest BCUT2D eigenvalue weighted by Gasteiger charge is 2.17. The molecular weight excluding hydrogens is 504 g/mol. The Morgan fingerprint density at radius 1 is 1.07 bits per heavy atom. The van der Waals surface area contributed by atoms with Crippen molar-refractivity contribution in [1.82, 2.24) is 0 Å². The van der Waals surface area contributed by atoms with Gasteiger partial charge in [0, 0.05) is 4.47 Å². The number of benzene rings is 2. The normalized spacial score (nSPS) is 9.75. The molecule has 10 heteroatoms. The zero-order valence-corrected chi connectivity index (χ0v) is 18.3. The molecule has 0 bridgehead atoms. The highest BCUT2D eigenvalue weighted by molar-refractivity contribution is 9.11. The number of halogens is 2. The van der Waals surface area contributed by atoms with E-state index in [1.54, 1.807) is 6.92 Å². The molecule has 0 aromatic heterocycles. The number of carbonyl (C=O) groups excluding carboxylic acids is 1. The van der Waals surface area contributed by atoms with Gasteiger partial charge < -0.3 is 29.5 Å². The van der Waals surface area contributed by atoms with E-state index in [1.807, 2.05) is 0 Å². The third-order valence-electron chi connectivity index (χ3n) is 3.28. The number of aromatic carboxylic acids is 1. The first-order chi connectivity index (χ1) is 13.2. The van der Waals surface area contributed by atoms with E-state index in [9.17, 15) is 19.8 Å². The van der Waals surface area contributed by atoms with E-state index >= 15 is 0 Å². The van der Waals surface area contributed by atoms with Gasteiger partial charge in [-0.25, -0.2) is 9.59 Å². The summed E-state index contributed by atoms with van der Waals surface area (Å²) in [6.07, 6.45) is 0. The van der Waals surface area contributed by atoms with Crippen molar-refractivity contribution in [2.45, 2.75) is 6.92 Å². The van der Waals surface area contributed by atoms with Crippen LogP contribution in [0.4, 0.5) is 0 Å². The second-order valence-electron chi connectivity index (χ2n) is 4.99. The standard InChI is InChI=1S/C10H11BrO4.C8H7BrO4/c1-3-15-10(13)6-4-5-7(14-2)9(12)8(6)11;1-13-7-3-5(9)4(8(11)12)2-6(7)10/h4-5,12H,3H2,1-2H3;2-3,10H,1H3,(H,11,12)/p-1. The Morgan fingerprint density at radius 3 is 2.18 bits per heavy atom. The minimum atomic E-state index is -1.15. The third-order valence-corrected chi connectivity index (χ3v) is 4.74. The lowest BCUT2D eigenvalue weighted by molar-refractivity contribution is -0.270. The summed E-state index contributed by atoms with van der Waals surface area (Å²) < 4.78 is 15.0. The Labute approximate surface area is 177 Å². The van der Waals surface area contributed by atoms with Crippen LogP contribution in [0.25, 0.3) is 0 Å². The summed E-state index contributed by atoms with van der Waals surface area (Å²) in [5.41, 5.74) is 0.209. The second-order valence-corrected chi connectivity index (χ2v) is 6.63. The smallest absolute Gasteiger partial charge is 0.339 e. The Kier molecular flexibility index (Phi) is 9.07. The molecule has 0 unspecified atom stereocenters. The number of ether oxygens (including phenoxy) is 3. The Balaban J connectivity index is 0.000000283. The largest absolute Gasteiger partial charge is 0.870 e. The fourth-order valence-corrected chi connectivity index (χ4v) is 2.92. The van der Waals surface area contributed by atoms with Crippen molar-refractivity contribution >= 4 is 43.8 Å². The molecule has 0 aliphatic carbocycles. The van der Waals surface area contributed by atoms with Crippen molar-refractivity contribution in [2.24, 2.45) is 0 Å². The zero-order valence-electron chi connectivity index (χ0n) is 15.1. The summed E-state index contributed by atoms with van der Waals surface area (Å²) in [4.78, 5) is 22.0. The van der Waals surface area contributed by atoms with E-state index in [0.29, 0.717) is 10.2 Å². The summed E-state index contributed by atoms with van der Waals surface area (Å²) in [6.45, 7) is 2.01. The van der Waals surface area contributed by atoms with Crippen LogP contribution >= 0.6 is 31.9 Å². The second kappa shape index (κ2) is 10.8. The van der Waals surface area contributed by atoms with Crippen LogP contribution < -0.4 is 14.6 Å². The molecule has 0 spiro atoms. The molecule has 0 radical (unpaired) electrons. The quantitative estimate of drug-likeness (QED) is 0.573. The molecule has 0 fully saturated rings. The van der Waals surface area contributed by atoms with Crippen LogP contribution in [0.5, 0.6) is 23.0 Å². The highest BCUT2D eigenvalue weighted by Crippen LogP contribution is 2.36. The number of aromatic hydroxyl groups is 1. The maximum Gasteiger partial charge on any atom is 0.339 e. The summed E-state index contributed by atoms with van der Waals surface area (Å²) in [6, 6.07) is 5.39. The lowest BCUT2D eigenvalue weighted by Gasteiger charge is -2.13. The summed E-state index contributed by atoms with van der Waals surface area (Å²) in [7, 11) is 2.79. The maximum absolute atomic E-state index is 11.4. The molecule has 152 valence electrons. The first-order valence-corrected chi connectivity index (χ1v) is 9.26. The average molecular weight is 521 g/mol. The topological polar surface area (TPSA) is 125 Å². The van der Waals surface area contributed by atoms with Crippen molar-refractivity contribution in [3.05, 3.63) is 44.3 Å². The number of carbonyl (C=O) groups is 2. The molecule has 0 saturated carbocycles. The molecule has 0 atom stereocenters. The van der Waals surface area contributed by atoms with Crippen molar-refractivity contribution in [3.8, 4) is 23.0 Å². The number of carboxylic acid groups (broad SMARTS) is 1. The summed E-state index contributed by atoms with van der Waals surface area (Å²) in [5, 5.41) is 29.4. The van der Waals surface area contributed by atoms with Crippen LogP contribution in [0, 0.1) is 0 Å². The minimum absolute atomic E-state index is 0.0641. The number of hydrogen-bond acceptors (Lipinski definition) is 7. The van der Waals surface area contributed by atoms with E-state index in [1.165, 1.54) is 32.4 Å². The third kappa shape index (κ3) is 5.77. The molecular formula is C18H17Br2O8-. The van der Waals surface area contributed by atoms with Gasteiger partial charge in [-0.2, -0.15) is 0 Å². The average Bonchev–Trinajstić information content (AvgIpc) is 2.65. The van der Waals surface area contributed by atoms with Gasteiger partial charge in [-0.05, 0) is 57.0 Å². The van der Waals surface area contributed by atoms with Gasteiger partial charge in [0.05, 0.1) is 36.4 Å². The van der Waals surface area contributed by atoms with E-state index in [4.69, 9.17) is 19.3 Å². The predicted molar refractivity (Wildman–Crippen MR) is 105 cm³/mol. The molecule has 2 aromatic carbocycles. The molecule has 0 aliphatic heterocycles. The van der Waals surface area contributed by atoms with Gasteiger partial charge in [0.2, 0.25) is 0 Å². The van der Waals surface area contributed by atoms with Crippen LogP contribution in [0.2, 0.25) is 0 Å². The molecule has 28 heavy (non-hydrogen) atoms. The van der Waals surface area contributed by atoms with E-state index in [0.717, 1.165) is 6.07 Å². The van der Waals surface area contributed by atoms with Crippen LogP contribution in [0.15, 0.2) is 33.2 Å².